The number of ether oxygens (including phenoxy) is 1. The maximum atomic E-state index is 6.06. The summed E-state index contributed by atoms with van der Waals surface area (Å²) in [4.78, 5) is 0. The molecule has 2 rings (SSSR count). The van der Waals surface area contributed by atoms with Crippen molar-refractivity contribution >= 4 is 11.6 Å². The topological polar surface area (TPSA) is 35.2 Å². The lowest BCUT2D eigenvalue weighted by molar-refractivity contribution is 0.302. The highest BCUT2D eigenvalue weighted by molar-refractivity contribution is 6.32. The van der Waals surface area contributed by atoms with Crippen molar-refractivity contribution < 1.29 is 4.74 Å². The third-order valence-corrected chi connectivity index (χ3v) is 3.94. The molecule has 21 heavy (non-hydrogen) atoms. The Bertz CT molecular complexity index is 553. The molecule has 0 aliphatic carbocycles. The predicted molar refractivity (Wildman–Crippen MR) is 89.2 cm³/mol. The highest BCUT2D eigenvalue weighted by atomic mass is 35.5. The number of rotatable bonds is 7. The van der Waals surface area contributed by atoms with E-state index in [0.29, 0.717) is 24.1 Å². The molecule has 1 unspecified atom stereocenters. The second-order valence-corrected chi connectivity index (χ2v) is 5.67. The van der Waals surface area contributed by atoms with E-state index in [1.165, 1.54) is 11.1 Å². The zero-order chi connectivity index (χ0) is 15.1. The summed E-state index contributed by atoms with van der Waals surface area (Å²) in [6.45, 7) is 3.42. The molecule has 2 aromatic carbocycles. The van der Waals surface area contributed by atoms with Gasteiger partial charge in [0.05, 0.1) is 11.6 Å². The number of benzene rings is 2. The first-order valence-corrected chi connectivity index (χ1v) is 7.72. The maximum absolute atomic E-state index is 6.06. The zero-order valence-electron chi connectivity index (χ0n) is 12.4. The molecular weight excluding hydrogens is 282 g/mol. The van der Waals surface area contributed by atoms with Gasteiger partial charge < -0.3 is 10.5 Å². The molecule has 0 amide bonds. The zero-order valence-corrected chi connectivity index (χ0v) is 13.1. The Morgan fingerprint density at radius 2 is 1.81 bits per heavy atom. The standard InChI is InChI=1S/C18H22ClNO/c1-14-8-10-15(11-9-14)16(13-20)5-4-12-21-18-7-3-2-6-17(18)19/h2-3,6-11,16H,4-5,12-13,20H2,1H3. The second-order valence-electron chi connectivity index (χ2n) is 5.26. The van der Waals surface area contributed by atoms with Gasteiger partial charge in [-0.15, -0.1) is 0 Å². The van der Waals surface area contributed by atoms with Crippen molar-refractivity contribution in [2.45, 2.75) is 25.7 Å². The van der Waals surface area contributed by atoms with Crippen LogP contribution < -0.4 is 10.5 Å². The van der Waals surface area contributed by atoms with Gasteiger partial charge in [-0.05, 0) is 49.9 Å². The summed E-state index contributed by atoms with van der Waals surface area (Å²) in [7, 11) is 0. The molecule has 0 spiro atoms. The second kappa shape index (κ2) is 8.06. The molecule has 0 saturated heterocycles. The van der Waals surface area contributed by atoms with Gasteiger partial charge >= 0.3 is 0 Å². The summed E-state index contributed by atoms with van der Waals surface area (Å²) < 4.78 is 5.71. The van der Waals surface area contributed by atoms with Crippen molar-refractivity contribution in [2.24, 2.45) is 5.73 Å². The van der Waals surface area contributed by atoms with Gasteiger partial charge in [-0.1, -0.05) is 53.6 Å². The first-order chi connectivity index (χ1) is 10.2. The van der Waals surface area contributed by atoms with E-state index >= 15 is 0 Å². The molecule has 0 aromatic heterocycles. The van der Waals surface area contributed by atoms with E-state index < -0.39 is 0 Å². The fourth-order valence-electron chi connectivity index (χ4n) is 2.33. The van der Waals surface area contributed by atoms with Crippen molar-refractivity contribution in [3.8, 4) is 5.75 Å². The minimum atomic E-state index is 0.389. The van der Waals surface area contributed by atoms with Crippen LogP contribution in [0.25, 0.3) is 0 Å². The van der Waals surface area contributed by atoms with Gasteiger partial charge in [-0.25, -0.2) is 0 Å². The van der Waals surface area contributed by atoms with Gasteiger partial charge in [-0.3, -0.25) is 0 Å². The number of para-hydroxylation sites is 1. The van der Waals surface area contributed by atoms with Crippen molar-refractivity contribution in [1.29, 1.82) is 0 Å². The molecule has 0 bridgehead atoms. The Hall–Kier alpha value is -1.51. The molecule has 1 atom stereocenters. The largest absolute Gasteiger partial charge is 0.492 e. The Morgan fingerprint density at radius 1 is 1.10 bits per heavy atom. The van der Waals surface area contributed by atoms with Crippen LogP contribution in [0.15, 0.2) is 48.5 Å². The van der Waals surface area contributed by atoms with E-state index in [1.807, 2.05) is 24.3 Å². The van der Waals surface area contributed by atoms with Crippen LogP contribution in [0, 0.1) is 6.92 Å². The third-order valence-electron chi connectivity index (χ3n) is 3.62. The van der Waals surface area contributed by atoms with Gasteiger partial charge in [0.15, 0.2) is 0 Å². The summed E-state index contributed by atoms with van der Waals surface area (Å²) in [5, 5.41) is 0.659. The van der Waals surface area contributed by atoms with Gasteiger partial charge in [0.25, 0.3) is 0 Å². The Balaban J connectivity index is 1.81. The molecule has 0 aliphatic rings. The molecule has 112 valence electrons. The van der Waals surface area contributed by atoms with E-state index in [-0.39, 0.29) is 0 Å². The average molecular weight is 304 g/mol. The third kappa shape index (κ3) is 4.76. The first-order valence-electron chi connectivity index (χ1n) is 7.34. The minimum absolute atomic E-state index is 0.389. The number of hydrogen-bond acceptors (Lipinski definition) is 2. The summed E-state index contributed by atoms with van der Waals surface area (Å²) in [5.41, 5.74) is 8.48. The fraction of sp³-hybridized carbons (Fsp3) is 0.333. The van der Waals surface area contributed by atoms with Crippen LogP contribution in [0.2, 0.25) is 5.02 Å². The molecule has 2 N–H and O–H groups in total. The van der Waals surface area contributed by atoms with E-state index in [9.17, 15) is 0 Å². The van der Waals surface area contributed by atoms with Gasteiger partial charge in [0.1, 0.15) is 5.75 Å². The van der Waals surface area contributed by atoms with Crippen LogP contribution in [-0.4, -0.2) is 13.2 Å². The van der Waals surface area contributed by atoms with Gasteiger partial charge in [0, 0.05) is 0 Å². The number of hydrogen-bond donors (Lipinski definition) is 1. The van der Waals surface area contributed by atoms with Gasteiger partial charge in [-0.2, -0.15) is 0 Å². The van der Waals surface area contributed by atoms with Crippen LogP contribution >= 0.6 is 11.6 Å². The van der Waals surface area contributed by atoms with Crippen LogP contribution in [0.4, 0.5) is 0 Å². The normalized spacial score (nSPS) is 12.1. The fourth-order valence-corrected chi connectivity index (χ4v) is 2.52. The lowest BCUT2D eigenvalue weighted by Crippen LogP contribution is -2.13. The first kappa shape index (κ1) is 15.9. The minimum Gasteiger partial charge on any atom is -0.492 e. The summed E-state index contributed by atoms with van der Waals surface area (Å²) >= 11 is 6.06. The number of aryl methyl sites for hydroxylation is 1. The predicted octanol–water partition coefficient (Wildman–Crippen LogP) is 4.55. The summed E-state index contributed by atoms with van der Waals surface area (Å²) in [6.07, 6.45) is 1.98. The Kier molecular flexibility index (Phi) is 6.09. The lowest BCUT2D eigenvalue weighted by atomic mass is 9.94. The lowest BCUT2D eigenvalue weighted by Gasteiger charge is -2.16. The van der Waals surface area contributed by atoms with Crippen molar-refractivity contribution in [2.75, 3.05) is 13.2 Å². The Labute approximate surface area is 131 Å². The molecule has 2 aromatic rings. The summed E-state index contributed by atoms with van der Waals surface area (Å²) in [6, 6.07) is 16.2. The van der Waals surface area contributed by atoms with Gasteiger partial charge in [0.2, 0.25) is 0 Å². The van der Waals surface area contributed by atoms with E-state index in [0.717, 1.165) is 18.6 Å². The molecule has 0 heterocycles. The van der Waals surface area contributed by atoms with Crippen molar-refractivity contribution in [1.82, 2.24) is 0 Å². The molecule has 0 fully saturated rings. The van der Waals surface area contributed by atoms with Crippen LogP contribution in [-0.2, 0) is 0 Å². The van der Waals surface area contributed by atoms with Crippen molar-refractivity contribution in [3.05, 3.63) is 64.7 Å². The van der Waals surface area contributed by atoms with E-state index in [4.69, 9.17) is 22.1 Å². The molecule has 3 heteroatoms. The Morgan fingerprint density at radius 3 is 2.48 bits per heavy atom. The van der Waals surface area contributed by atoms with E-state index in [1.54, 1.807) is 0 Å². The van der Waals surface area contributed by atoms with Crippen molar-refractivity contribution in [3.63, 3.8) is 0 Å². The van der Waals surface area contributed by atoms with Crippen LogP contribution in [0.5, 0.6) is 5.75 Å². The SMILES string of the molecule is Cc1ccc(C(CN)CCCOc2ccccc2Cl)cc1. The van der Waals surface area contributed by atoms with Crippen LogP contribution in [0.3, 0.4) is 0 Å². The number of nitrogens with two attached hydrogens (primary N) is 1. The smallest absolute Gasteiger partial charge is 0.137 e. The monoisotopic (exact) mass is 303 g/mol. The summed E-state index contributed by atoms with van der Waals surface area (Å²) in [5.74, 6) is 1.14. The van der Waals surface area contributed by atoms with E-state index in [2.05, 4.69) is 31.2 Å². The quantitative estimate of drug-likeness (QED) is 0.762. The number of halogens is 1. The molecule has 2 nitrogen and oxygen atoms in total. The van der Waals surface area contributed by atoms with Crippen LogP contribution in [0.1, 0.15) is 29.9 Å². The molecule has 0 aliphatic heterocycles. The average Bonchev–Trinajstić information content (AvgIpc) is 2.50. The molecule has 0 radical (unpaired) electrons. The molecule has 0 saturated carbocycles. The molecular formula is C18H22ClNO. The highest BCUT2D eigenvalue weighted by Crippen LogP contribution is 2.24. The maximum Gasteiger partial charge on any atom is 0.137 e. The highest BCUT2D eigenvalue weighted by Gasteiger charge is 2.09.